The van der Waals surface area contributed by atoms with Crippen molar-refractivity contribution < 1.29 is 0 Å². The van der Waals surface area contributed by atoms with E-state index in [0.29, 0.717) is 5.69 Å². The molecule has 0 aliphatic rings. The number of rotatable bonds is 5. The molecule has 5 nitrogen and oxygen atoms in total. The van der Waals surface area contributed by atoms with Crippen LogP contribution < -0.4 is 17.2 Å². The summed E-state index contributed by atoms with van der Waals surface area (Å²) < 4.78 is 0. The monoisotopic (exact) mass is 419 g/mol. The average Bonchev–Trinajstić information content (AvgIpc) is 2.82. The van der Waals surface area contributed by atoms with Crippen molar-refractivity contribution in [2.45, 2.75) is 5.41 Å². The molecule has 6 N–H and O–H groups in total. The third-order valence-electron chi connectivity index (χ3n) is 5.41. The highest BCUT2D eigenvalue weighted by Gasteiger charge is 2.37. The summed E-state index contributed by atoms with van der Waals surface area (Å²) in [6.07, 6.45) is 0. The first-order chi connectivity index (χ1) is 15.6. The summed E-state index contributed by atoms with van der Waals surface area (Å²) in [5.74, 6) is -0.114. The summed E-state index contributed by atoms with van der Waals surface area (Å²) in [6, 6.07) is 39.6. The van der Waals surface area contributed by atoms with Crippen LogP contribution in [-0.4, -0.2) is 11.9 Å². The summed E-state index contributed by atoms with van der Waals surface area (Å²) in [5.41, 5.74) is 21.4. The number of hydrogen-bond acceptors (Lipinski definition) is 1. The van der Waals surface area contributed by atoms with Crippen LogP contribution in [0.15, 0.2) is 125 Å². The second kappa shape index (κ2) is 9.18. The van der Waals surface area contributed by atoms with Crippen molar-refractivity contribution in [3.8, 4) is 0 Å². The summed E-state index contributed by atoms with van der Waals surface area (Å²) in [5, 5.41) is 0. The van der Waals surface area contributed by atoms with Gasteiger partial charge in [-0.1, -0.05) is 103 Å². The van der Waals surface area contributed by atoms with Gasteiger partial charge >= 0.3 is 0 Å². The van der Waals surface area contributed by atoms with Gasteiger partial charge in [0.25, 0.3) is 0 Å². The SMILES string of the molecule is NC(N)=NC(N)=Nc1ccc(C(c2ccccc2)(c2ccccc2)c2ccccc2)cc1. The van der Waals surface area contributed by atoms with E-state index in [0.717, 1.165) is 5.56 Å². The van der Waals surface area contributed by atoms with Gasteiger partial charge in [-0.15, -0.1) is 0 Å². The summed E-state index contributed by atoms with van der Waals surface area (Å²) in [6.45, 7) is 0. The number of hydrogen-bond donors (Lipinski definition) is 3. The van der Waals surface area contributed by atoms with Crippen LogP contribution in [0.3, 0.4) is 0 Å². The van der Waals surface area contributed by atoms with E-state index in [1.54, 1.807) is 0 Å². The summed E-state index contributed by atoms with van der Waals surface area (Å²) in [7, 11) is 0. The Kier molecular flexibility index (Phi) is 5.99. The van der Waals surface area contributed by atoms with Crippen LogP contribution in [0.4, 0.5) is 5.69 Å². The Hall–Kier alpha value is -4.38. The zero-order chi connectivity index (χ0) is 22.4. The van der Waals surface area contributed by atoms with Gasteiger partial charge in [0.15, 0.2) is 5.96 Å². The molecule has 0 radical (unpaired) electrons. The molecule has 0 saturated heterocycles. The van der Waals surface area contributed by atoms with Crippen LogP contribution in [0.5, 0.6) is 0 Å². The molecule has 0 saturated carbocycles. The minimum Gasteiger partial charge on any atom is -0.370 e. The van der Waals surface area contributed by atoms with Crippen molar-refractivity contribution in [3.63, 3.8) is 0 Å². The van der Waals surface area contributed by atoms with Gasteiger partial charge in [0, 0.05) is 0 Å². The molecule has 4 rings (SSSR count). The van der Waals surface area contributed by atoms with E-state index >= 15 is 0 Å². The predicted molar refractivity (Wildman–Crippen MR) is 132 cm³/mol. The minimum absolute atomic E-state index is 0.0122. The lowest BCUT2D eigenvalue weighted by atomic mass is 9.65. The first-order valence-electron chi connectivity index (χ1n) is 10.3. The lowest BCUT2D eigenvalue weighted by Crippen LogP contribution is -2.30. The molecule has 4 aromatic carbocycles. The Morgan fingerprint density at radius 3 is 1.25 bits per heavy atom. The van der Waals surface area contributed by atoms with Gasteiger partial charge in [0.1, 0.15) is 0 Å². The first kappa shape index (κ1) is 20.9. The Morgan fingerprint density at radius 1 is 0.500 bits per heavy atom. The van der Waals surface area contributed by atoms with Gasteiger partial charge in [-0.2, -0.15) is 4.99 Å². The van der Waals surface area contributed by atoms with Crippen molar-refractivity contribution in [1.82, 2.24) is 0 Å². The number of nitrogens with zero attached hydrogens (tertiary/aromatic N) is 2. The maximum atomic E-state index is 5.81. The molecule has 0 amide bonds. The Balaban J connectivity index is 1.96. The standard InChI is InChI=1S/C27H25N5/c28-25(29)32-26(30)31-24-18-16-23(17-19-24)27(20-10-4-1-5-11-20,21-12-6-2-7-13-21)22-14-8-3-9-15-22/h1-19H,(H6,28,29,30,31,32). The van der Waals surface area contributed by atoms with Crippen molar-refractivity contribution in [3.05, 3.63) is 138 Å². The Bertz CT molecular complexity index is 1110. The van der Waals surface area contributed by atoms with E-state index in [4.69, 9.17) is 17.2 Å². The maximum absolute atomic E-state index is 5.81. The van der Waals surface area contributed by atoms with E-state index in [2.05, 4.69) is 94.9 Å². The van der Waals surface area contributed by atoms with E-state index < -0.39 is 5.41 Å². The van der Waals surface area contributed by atoms with Crippen LogP contribution in [0.25, 0.3) is 0 Å². The summed E-state index contributed by atoms with van der Waals surface area (Å²) in [4.78, 5) is 8.07. The normalized spacial score (nSPS) is 11.7. The van der Waals surface area contributed by atoms with Crippen LogP contribution in [0.1, 0.15) is 22.3 Å². The molecule has 0 spiro atoms. The van der Waals surface area contributed by atoms with E-state index in [1.807, 2.05) is 30.3 Å². The molecule has 0 aromatic heterocycles. The quantitative estimate of drug-likeness (QED) is 0.255. The highest BCUT2D eigenvalue weighted by Crippen LogP contribution is 2.45. The topological polar surface area (TPSA) is 103 Å². The average molecular weight is 420 g/mol. The second-order valence-electron chi connectivity index (χ2n) is 7.40. The molecule has 32 heavy (non-hydrogen) atoms. The van der Waals surface area contributed by atoms with Crippen molar-refractivity contribution in [2.75, 3.05) is 0 Å². The van der Waals surface area contributed by atoms with Crippen LogP contribution in [0, 0.1) is 0 Å². The highest BCUT2D eigenvalue weighted by molar-refractivity contribution is 5.93. The molecule has 0 atom stereocenters. The van der Waals surface area contributed by atoms with Gasteiger partial charge < -0.3 is 17.2 Å². The maximum Gasteiger partial charge on any atom is 0.223 e. The Morgan fingerprint density at radius 2 is 0.875 bits per heavy atom. The zero-order valence-electron chi connectivity index (χ0n) is 17.6. The number of guanidine groups is 2. The lowest BCUT2D eigenvalue weighted by Gasteiger charge is -2.36. The molecule has 158 valence electrons. The molecule has 0 aliphatic heterocycles. The van der Waals surface area contributed by atoms with Gasteiger partial charge in [-0.05, 0) is 34.4 Å². The van der Waals surface area contributed by atoms with Crippen LogP contribution >= 0.6 is 0 Å². The van der Waals surface area contributed by atoms with Gasteiger partial charge in [-0.25, -0.2) is 4.99 Å². The molecule has 0 heterocycles. The second-order valence-corrected chi connectivity index (χ2v) is 7.40. The van der Waals surface area contributed by atoms with Crippen molar-refractivity contribution in [1.29, 1.82) is 0 Å². The highest BCUT2D eigenvalue weighted by atomic mass is 15.1. The molecule has 0 aliphatic carbocycles. The van der Waals surface area contributed by atoms with Gasteiger partial charge in [-0.3, -0.25) is 0 Å². The third kappa shape index (κ3) is 4.09. The predicted octanol–water partition coefficient (Wildman–Crippen LogP) is 4.29. The smallest absolute Gasteiger partial charge is 0.223 e. The van der Waals surface area contributed by atoms with E-state index in [1.165, 1.54) is 16.7 Å². The number of benzene rings is 4. The largest absolute Gasteiger partial charge is 0.370 e. The van der Waals surface area contributed by atoms with Crippen molar-refractivity contribution in [2.24, 2.45) is 27.2 Å². The fourth-order valence-electron chi connectivity index (χ4n) is 4.14. The first-order valence-corrected chi connectivity index (χ1v) is 10.3. The third-order valence-corrected chi connectivity index (χ3v) is 5.41. The lowest BCUT2D eigenvalue weighted by molar-refractivity contribution is 0.745. The molecule has 0 fully saturated rings. The van der Waals surface area contributed by atoms with Crippen LogP contribution in [-0.2, 0) is 5.41 Å². The van der Waals surface area contributed by atoms with Crippen molar-refractivity contribution >= 4 is 17.6 Å². The fourth-order valence-corrected chi connectivity index (χ4v) is 4.14. The Labute approximate surface area is 188 Å². The van der Waals surface area contributed by atoms with Gasteiger partial charge in [0.2, 0.25) is 5.96 Å². The molecule has 5 heteroatoms. The molecule has 4 aromatic rings. The molecular weight excluding hydrogens is 394 g/mol. The van der Waals surface area contributed by atoms with Crippen LogP contribution in [0.2, 0.25) is 0 Å². The van der Waals surface area contributed by atoms with E-state index in [-0.39, 0.29) is 11.9 Å². The molecule has 0 unspecified atom stereocenters. The number of nitrogens with two attached hydrogens (primary N) is 3. The number of aliphatic imine (C=N–C) groups is 2. The zero-order valence-corrected chi connectivity index (χ0v) is 17.6. The fraction of sp³-hybridized carbons (Fsp3) is 0.0370. The summed E-state index contributed by atoms with van der Waals surface area (Å²) >= 11 is 0. The van der Waals surface area contributed by atoms with E-state index in [9.17, 15) is 0 Å². The van der Waals surface area contributed by atoms with Gasteiger partial charge in [0.05, 0.1) is 11.1 Å². The molecule has 0 bridgehead atoms. The minimum atomic E-state index is -0.503. The molecular formula is C27H25N5.